The maximum atomic E-state index is 14.1. The summed E-state index contributed by atoms with van der Waals surface area (Å²) in [5, 5.41) is 3.14. The van der Waals surface area contributed by atoms with Crippen molar-refractivity contribution in [2.75, 3.05) is 18.0 Å². The highest BCUT2D eigenvalue weighted by molar-refractivity contribution is 6.11. The zero-order chi connectivity index (χ0) is 27.3. The number of nitrogens with one attached hydrogen (secondary N) is 1. The van der Waals surface area contributed by atoms with Gasteiger partial charge in [-0.05, 0) is 56.7 Å². The summed E-state index contributed by atoms with van der Waals surface area (Å²) in [5.74, 6) is 0.427. The fourth-order valence-corrected chi connectivity index (χ4v) is 5.92. The highest BCUT2D eigenvalue weighted by Gasteiger charge is 2.33. The number of aromatic nitrogens is 5. The molecule has 2 fully saturated rings. The van der Waals surface area contributed by atoms with Crippen molar-refractivity contribution in [3.63, 3.8) is 0 Å². The molecule has 3 N–H and O–H groups in total. The molecular weight excluding hydrogens is 496 g/mol. The van der Waals surface area contributed by atoms with Gasteiger partial charge in [0.2, 0.25) is 0 Å². The van der Waals surface area contributed by atoms with Gasteiger partial charge in [-0.2, -0.15) is 0 Å². The van der Waals surface area contributed by atoms with Crippen molar-refractivity contribution in [1.82, 2.24) is 29.0 Å². The Morgan fingerprint density at radius 2 is 1.82 bits per heavy atom. The molecule has 0 bridgehead atoms. The molecule has 1 atom stereocenters. The summed E-state index contributed by atoms with van der Waals surface area (Å²) in [6, 6.07) is 5.61. The van der Waals surface area contributed by atoms with Crippen LogP contribution in [0.25, 0.3) is 22.1 Å². The summed E-state index contributed by atoms with van der Waals surface area (Å²) in [6.45, 7) is 3.81. The lowest BCUT2D eigenvalue weighted by Gasteiger charge is -2.34. The predicted octanol–water partition coefficient (Wildman–Crippen LogP) is 1.72. The van der Waals surface area contributed by atoms with Gasteiger partial charge < -0.3 is 20.5 Å². The van der Waals surface area contributed by atoms with Crippen LogP contribution >= 0.6 is 0 Å². The molecule has 4 heterocycles. The standard InChI is InChI=1S/C28H34N8O3/c1-3-35-24-23(22(25(37)32-19-7-4-8-19)26(35)34-13-5-6-18(29)16-34)33(2)28(39)36(27(24)38)15-17-9-10-20-21(14-17)31-12-11-30-20/h9-12,14,18-19H,3-8,13,15-16,29H2,1-2H3,(H,32,37)/t18-/m1/s1. The lowest BCUT2D eigenvalue weighted by Crippen LogP contribution is -2.45. The van der Waals surface area contributed by atoms with Gasteiger partial charge in [-0.25, -0.2) is 4.79 Å². The van der Waals surface area contributed by atoms with Gasteiger partial charge in [-0.15, -0.1) is 0 Å². The maximum absolute atomic E-state index is 14.1. The Labute approximate surface area is 225 Å². The van der Waals surface area contributed by atoms with Crippen LogP contribution < -0.4 is 27.2 Å². The number of rotatable bonds is 6. The number of hydrogen-bond acceptors (Lipinski definition) is 7. The normalized spacial score (nSPS) is 18.0. The van der Waals surface area contributed by atoms with Crippen molar-refractivity contribution in [3.8, 4) is 0 Å². The minimum Gasteiger partial charge on any atom is -0.356 e. The number of nitrogens with zero attached hydrogens (tertiary/aromatic N) is 6. The third kappa shape index (κ3) is 4.30. The van der Waals surface area contributed by atoms with Crippen LogP contribution in [0.5, 0.6) is 0 Å². The molecule has 1 saturated carbocycles. The molecule has 4 aromatic rings. The first-order valence-electron chi connectivity index (χ1n) is 13.7. The average Bonchev–Trinajstić information content (AvgIpc) is 3.27. The van der Waals surface area contributed by atoms with E-state index in [-0.39, 0.29) is 24.5 Å². The molecule has 1 aliphatic carbocycles. The fourth-order valence-electron chi connectivity index (χ4n) is 5.92. The molecule has 1 saturated heterocycles. The van der Waals surface area contributed by atoms with Crippen molar-refractivity contribution in [2.45, 2.75) is 64.2 Å². The number of nitrogens with two attached hydrogens (primary N) is 1. The highest BCUT2D eigenvalue weighted by Crippen LogP contribution is 2.33. The summed E-state index contributed by atoms with van der Waals surface area (Å²) in [6.07, 6.45) is 7.99. The minimum atomic E-state index is -0.473. The second-order valence-electron chi connectivity index (χ2n) is 10.7. The number of fused-ring (bicyclic) bond motifs is 2. The van der Waals surface area contributed by atoms with E-state index in [1.165, 1.54) is 9.13 Å². The Morgan fingerprint density at radius 1 is 1.05 bits per heavy atom. The molecular formula is C28H34N8O3. The molecule has 204 valence electrons. The van der Waals surface area contributed by atoms with Crippen molar-refractivity contribution >= 4 is 33.8 Å². The summed E-state index contributed by atoms with van der Waals surface area (Å²) in [5.41, 5.74) is 8.76. The van der Waals surface area contributed by atoms with Crippen LogP contribution in [0.2, 0.25) is 0 Å². The second kappa shape index (κ2) is 9.96. The first-order chi connectivity index (χ1) is 18.9. The molecule has 2 aliphatic rings. The third-order valence-corrected chi connectivity index (χ3v) is 8.13. The van der Waals surface area contributed by atoms with Crippen molar-refractivity contribution in [1.29, 1.82) is 0 Å². The van der Waals surface area contributed by atoms with Crippen molar-refractivity contribution in [2.24, 2.45) is 12.8 Å². The maximum Gasteiger partial charge on any atom is 0.331 e. The Bertz CT molecular complexity index is 1700. The predicted molar refractivity (Wildman–Crippen MR) is 150 cm³/mol. The Balaban J connectivity index is 1.56. The van der Waals surface area contributed by atoms with Crippen LogP contribution in [0.15, 0.2) is 40.2 Å². The van der Waals surface area contributed by atoms with Crippen LogP contribution in [0.1, 0.15) is 54.9 Å². The summed E-state index contributed by atoms with van der Waals surface area (Å²) in [4.78, 5) is 52.4. The van der Waals surface area contributed by atoms with Gasteiger partial charge >= 0.3 is 5.69 Å². The average molecular weight is 531 g/mol. The van der Waals surface area contributed by atoms with E-state index in [0.717, 1.165) is 49.7 Å². The number of carbonyl (C=O) groups is 1. The molecule has 11 heteroatoms. The molecule has 1 amide bonds. The van der Waals surface area contributed by atoms with E-state index < -0.39 is 11.2 Å². The third-order valence-electron chi connectivity index (χ3n) is 8.13. The Hall–Kier alpha value is -3.99. The number of anilines is 1. The van der Waals surface area contributed by atoms with E-state index in [1.54, 1.807) is 19.4 Å². The Morgan fingerprint density at radius 3 is 2.51 bits per heavy atom. The number of aryl methyl sites for hydroxylation is 2. The largest absolute Gasteiger partial charge is 0.356 e. The molecule has 1 aromatic carbocycles. The van der Waals surface area contributed by atoms with Gasteiger partial charge in [0.25, 0.3) is 11.5 Å². The minimum absolute atomic E-state index is 0.0268. The van der Waals surface area contributed by atoms with Crippen LogP contribution in [0, 0.1) is 0 Å². The van der Waals surface area contributed by atoms with Crippen molar-refractivity contribution in [3.05, 3.63) is 62.6 Å². The lowest BCUT2D eigenvalue weighted by atomic mass is 9.93. The van der Waals surface area contributed by atoms with Gasteiger partial charge in [0.05, 0.1) is 23.1 Å². The quantitative estimate of drug-likeness (QED) is 0.388. The topological polar surface area (TPSA) is 133 Å². The number of carbonyl (C=O) groups excluding carboxylic acids is 1. The zero-order valence-electron chi connectivity index (χ0n) is 22.4. The molecule has 11 nitrogen and oxygen atoms in total. The summed E-state index contributed by atoms with van der Waals surface area (Å²) in [7, 11) is 1.64. The van der Waals surface area contributed by atoms with Crippen LogP contribution in [0.4, 0.5) is 5.82 Å². The van der Waals surface area contributed by atoms with E-state index in [2.05, 4.69) is 20.2 Å². The smallest absolute Gasteiger partial charge is 0.331 e. The Kier molecular flexibility index (Phi) is 6.46. The van der Waals surface area contributed by atoms with Gasteiger partial charge in [0, 0.05) is 51.2 Å². The molecule has 39 heavy (non-hydrogen) atoms. The second-order valence-corrected chi connectivity index (χ2v) is 10.7. The van der Waals surface area contributed by atoms with Crippen LogP contribution in [-0.4, -0.2) is 54.7 Å². The van der Waals surface area contributed by atoms with E-state index in [4.69, 9.17) is 5.73 Å². The first-order valence-corrected chi connectivity index (χ1v) is 13.7. The first kappa shape index (κ1) is 25.3. The van der Waals surface area contributed by atoms with Crippen LogP contribution in [0.3, 0.4) is 0 Å². The van der Waals surface area contributed by atoms with Gasteiger partial charge in [-0.3, -0.25) is 28.7 Å². The van der Waals surface area contributed by atoms with E-state index >= 15 is 0 Å². The summed E-state index contributed by atoms with van der Waals surface area (Å²) < 4.78 is 4.59. The number of amides is 1. The van der Waals surface area contributed by atoms with E-state index in [0.29, 0.717) is 41.0 Å². The van der Waals surface area contributed by atoms with Crippen LogP contribution in [-0.2, 0) is 20.1 Å². The SMILES string of the molecule is CCn1c(N2CCC[C@@H](N)C2)c(C(=O)NC2CCC2)c2c1c(=O)n(Cc1ccc3nccnc3c1)c(=O)n2C. The fraction of sp³-hybridized carbons (Fsp3) is 0.464. The molecule has 6 rings (SSSR count). The highest BCUT2D eigenvalue weighted by atomic mass is 16.2. The monoisotopic (exact) mass is 530 g/mol. The number of hydrogen-bond donors (Lipinski definition) is 2. The van der Waals surface area contributed by atoms with E-state index in [1.807, 2.05) is 29.7 Å². The lowest BCUT2D eigenvalue weighted by molar-refractivity contribution is 0.0918. The molecule has 1 aliphatic heterocycles. The number of benzene rings is 1. The van der Waals surface area contributed by atoms with Crippen molar-refractivity contribution < 1.29 is 4.79 Å². The molecule has 3 aromatic heterocycles. The molecule has 0 unspecified atom stereocenters. The van der Waals surface area contributed by atoms with Gasteiger partial charge in [0.15, 0.2) is 0 Å². The molecule has 0 spiro atoms. The van der Waals surface area contributed by atoms with E-state index in [9.17, 15) is 14.4 Å². The summed E-state index contributed by atoms with van der Waals surface area (Å²) >= 11 is 0. The van der Waals surface area contributed by atoms with Gasteiger partial charge in [-0.1, -0.05) is 6.07 Å². The molecule has 0 radical (unpaired) electrons. The van der Waals surface area contributed by atoms with Gasteiger partial charge in [0.1, 0.15) is 16.9 Å². The number of piperidine rings is 1. The zero-order valence-corrected chi connectivity index (χ0v) is 22.4.